The highest BCUT2D eigenvalue weighted by Gasteiger charge is 2.16. The number of aromatic hydroxyl groups is 1. The first kappa shape index (κ1) is 19.6. The number of rotatable bonds is 5. The van der Waals surface area contributed by atoms with Crippen LogP contribution in [-0.2, 0) is 4.79 Å². The highest BCUT2D eigenvalue weighted by atomic mass is 32.1. The lowest BCUT2D eigenvalue weighted by atomic mass is 10.2. The maximum absolute atomic E-state index is 12.5. The van der Waals surface area contributed by atoms with Gasteiger partial charge in [0, 0.05) is 10.4 Å². The monoisotopic (exact) mass is 411 g/mol. The van der Waals surface area contributed by atoms with Gasteiger partial charge in [-0.2, -0.15) is 0 Å². The van der Waals surface area contributed by atoms with Crippen molar-refractivity contribution in [1.82, 2.24) is 15.3 Å². The van der Waals surface area contributed by atoms with Gasteiger partial charge in [0.1, 0.15) is 5.70 Å². The van der Waals surface area contributed by atoms with Crippen LogP contribution in [0.15, 0.2) is 73.4 Å². The summed E-state index contributed by atoms with van der Waals surface area (Å²) in [5.74, 6) is -2.35. The molecule has 2 heterocycles. The first-order chi connectivity index (χ1) is 13.9. The summed E-state index contributed by atoms with van der Waals surface area (Å²) in [6.45, 7) is 0. The molecule has 0 aliphatic rings. The first-order valence-electron chi connectivity index (χ1n) is 8.07. The molecule has 0 bridgehead atoms. The third-order valence-corrected chi connectivity index (χ3v) is 4.30. The van der Waals surface area contributed by atoms with Crippen molar-refractivity contribution in [1.29, 1.82) is 0 Å². The van der Waals surface area contributed by atoms with E-state index in [1.165, 1.54) is 17.4 Å². The summed E-state index contributed by atoms with van der Waals surface area (Å²) in [5, 5.41) is 20.6. The molecule has 2 aromatic heterocycles. The van der Waals surface area contributed by atoms with Crippen molar-refractivity contribution in [3.05, 3.63) is 84.8 Å². The van der Waals surface area contributed by atoms with Gasteiger partial charge in [-0.25, -0.2) is 4.79 Å². The molecule has 0 atom stereocenters. The smallest absolute Gasteiger partial charge is 0.328 e. The van der Waals surface area contributed by atoms with Crippen LogP contribution in [0.1, 0.15) is 15.2 Å². The Morgan fingerprint density at radius 3 is 2.48 bits per heavy atom. The van der Waals surface area contributed by atoms with E-state index in [4.69, 9.17) is 0 Å². The Bertz CT molecular complexity index is 1210. The van der Waals surface area contributed by atoms with E-state index >= 15 is 0 Å². The molecule has 4 N–H and O–H groups in total. The minimum absolute atomic E-state index is 0.189. The van der Waals surface area contributed by atoms with Crippen molar-refractivity contribution in [3.8, 4) is 5.88 Å². The second-order valence-electron chi connectivity index (χ2n) is 5.50. The molecular weight excluding hydrogens is 398 g/mol. The average Bonchev–Trinajstić information content (AvgIpc) is 3.20. The van der Waals surface area contributed by atoms with Crippen LogP contribution in [0.25, 0.3) is 6.08 Å². The number of H-pyrrole nitrogens is 2. The van der Waals surface area contributed by atoms with Gasteiger partial charge >= 0.3 is 11.6 Å². The third-order valence-electron chi connectivity index (χ3n) is 3.48. The molecule has 146 valence electrons. The zero-order valence-corrected chi connectivity index (χ0v) is 15.4. The van der Waals surface area contributed by atoms with Crippen molar-refractivity contribution in [2.45, 2.75) is 0 Å². The van der Waals surface area contributed by atoms with E-state index in [1.54, 1.807) is 47.8 Å². The SMILES string of the molecule is O=C(N=Nc1c(O)[nH]c(=O)[nH]c1=O)C(=Cc1cccs1)NC(=O)c1ccccc1. The molecule has 0 saturated carbocycles. The fourth-order valence-electron chi connectivity index (χ4n) is 2.16. The molecule has 11 heteroatoms. The largest absolute Gasteiger partial charge is 0.493 e. The fraction of sp³-hybridized carbons (Fsp3) is 0. The number of carbonyl (C=O) groups excluding carboxylic acids is 2. The molecular formula is C18H13N5O5S. The minimum Gasteiger partial charge on any atom is -0.493 e. The van der Waals surface area contributed by atoms with Gasteiger partial charge in [-0.1, -0.05) is 24.3 Å². The number of aromatic amines is 2. The Hall–Kier alpha value is -4.12. The third kappa shape index (κ3) is 4.99. The summed E-state index contributed by atoms with van der Waals surface area (Å²) in [6, 6.07) is 11.7. The highest BCUT2D eigenvalue weighted by Crippen LogP contribution is 2.17. The molecule has 1 aromatic carbocycles. The molecule has 0 aliphatic carbocycles. The molecule has 3 aromatic rings. The highest BCUT2D eigenvalue weighted by molar-refractivity contribution is 7.10. The summed E-state index contributed by atoms with van der Waals surface area (Å²) < 4.78 is 0. The van der Waals surface area contributed by atoms with Gasteiger partial charge in [0.2, 0.25) is 11.6 Å². The van der Waals surface area contributed by atoms with Gasteiger partial charge < -0.3 is 10.4 Å². The summed E-state index contributed by atoms with van der Waals surface area (Å²) in [4.78, 5) is 52.1. The van der Waals surface area contributed by atoms with Crippen LogP contribution in [0.2, 0.25) is 0 Å². The Morgan fingerprint density at radius 1 is 1.07 bits per heavy atom. The predicted molar refractivity (Wildman–Crippen MR) is 105 cm³/mol. The average molecular weight is 411 g/mol. The zero-order chi connectivity index (χ0) is 20.8. The summed E-state index contributed by atoms with van der Waals surface area (Å²) in [5.41, 5.74) is -2.48. The van der Waals surface area contributed by atoms with Crippen molar-refractivity contribution >= 4 is 34.9 Å². The molecule has 0 radical (unpaired) electrons. The summed E-state index contributed by atoms with van der Waals surface area (Å²) >= 11 is 1.33. The van der Waals surface area contributed by atoms with E-state index in [0.717, 1.165) is 0 Å². The number of thiophene rings is 1. The normalized spacial score (nSPS) is 11.5. The number of nitrogens with one attached hydrogen (secondary N) is 3. The van der Waals surface area contributed by atoms with Gasteiger partial charge in [-0.15, -0.1) is 21.6 Å². The van der Waals surface area contributed by atoms with Gasteiger partial charge in [0.05, 0.1) is 0 Å². The molecule has 0 fully saturated rings. The van der Waals surface area contributed by atoms with Crippen LogP contribution in [0.3, 0.4) is 0 Å². The van der Waals surface area contributed by atoms with E-state index in [0.29, 0.717) is 10.4 Å². The molecule has 0 saturated heterocycles. The number of aromatic nitrogens is 2. The van der Waals surface area contributed by atoms with Gasteiger partial charge in [-0.3, -0.25) is 24.4 Å². The topological polar surface area (TPSA) is 157 Å². The lowest BCUT2D eigenvalue weighted by Crippen LogP contribution is -2.26. The number of hydrogen-bond donors (Lipinski definition) is 4. The molecule has 0 spiro atoms. The number of azo groups is 1. The number of hydrogen-bond acceptors (Lipinski definition) is 7. The van der Waals surface area contributed by atoms with Gasteiger partial charge in [0.25, 0.3) is 11.5 Å². The van der Waals surface area contributed by atoms with Crippen LogP contribution in [0, 0.1) is 0 Å². The van der Waals surface area contributed by atoms with E-state index in [1.807, 2.05) is 9.97 Å². The number of amides is 2. The molecule has 3 rings (SSSR count). The Morgan fingerprint density at radius 2 is 1.83 bits per heavy atom. The molecule has 0 aliphatic heterocycles. The lowest BCUT2D eigenvalue weighted by Gasteiger charge is -2.06. The van der Waals surface area contributed by atoms with E-state index < -0.39 is 34.6 Å². The van der Waals surface area contributed by atoms with E-state index in [9.17, 15) is 24.3 Å². The Labute approximate surface area is 166 Å². The standard InChI is InChI=1S/C18H13N5O5S/c24-14(10-5-2-1-3-6-10)19-12(9-11-7-4-8-29-11)15(25)23-22-13-16(26)20-18(28)21-17(13)27/h1-9H,(H,19,24)(H3,20,21,26,27,28). The van der Waals surface area contributed by atoms with Crippen LogP contribution < -0.4 is 16.6 Å². The minimum atomic E-state index is -1.03. The maximum atomic E-state index is 12.5. The second-order valence-corrected chi connectivity index (χ2v) is 6.48. The number of carbonyl (C=O) groups is 2. The van der Waals surface area contributed by atoms with Crippen molar-refractivity contribution in [3.63, 3.8) is 0 Å². The van der Waals surface area contributed by atoms with Crippen molar-refractivity contribution < 1.29 is 14.7 Å². The van der Waals surface area contributed by atoms with Crippen LogP contribution in [0.5, 0.6) is 5.88 Å². The molecule has 29 heavy (non-hydrogen) atoms. The Balaban J connectivity index is 1.90. The zero-order valence-electron chi connectivity index (χ0n) is 14.6. The van der Waals surface area contributed by atoms with Crippen LogP contribution in [0.4, 0.5) is 5.69 Å². The number of benzene rings is 1. The van der Waals surface area contributed by atoms with Crippen molar-refractivity contribution in [2.75, 3.05) is 0 Å². The summed E-state index contributed by atoms with van der Waals surface area (Å²) in [6.07, 6.45) is 1.41. The lowest BCUT2D eigenvalue weighted by molar-refractivity contribution is -0.115. The van der Waals surface area contributed by atoms with Gasteiger partial charge in [-0.05, 0) is 29.7 Å². The predicted octanol–water partition coefficient (Wildman–Crippen LogP) is 1.91. The second kappa shape index (κ2) is 8.71. The first-order valence-corrected chi connectivity index (χ1v) is 8.95. The van der Waals surface area contributed by atoms with E-state index in [-0.39, 0.29) is 5.70 Å². The maximum Gasteiger partial charge on any atom is 0.328 e. The van der Waals surface area contributed by atoms with Crippen LogP contribution in [-0.4, -0.2) is 26.9 Å². The number of nitrogens with zero attached hydrogens (tertiary/aromatic N) is 2. The molecule has 2 amide bonds. The van der Waals surface area contributed by atoms with Crippen molar-refractivity contribution in [2.24, 2.45) is 10.2 Å². The van der Waals surface area contributed by atoms with Crippen LogP contribution >= 0.6 is 11.3 Å². The quantitative estimate of drug-likeness (QED) is 0.372. The van der Waals surface area contributed by atoms with Gasteiger partial charge in [0.15, 0.2) is 0 Å². The molecule has 10 nitrogen and oxygen atoms in total. The fourth-order valence-corrected chi connectivity index (χ4v) is 2.82. The molecule has 0 unspecified atom stereocenters. The summed E-state index contributed by atoms with van der Waals surface area (Å²) in [7, 11) is 0. The van der Waals surface area contributed by atoms with E-state index in [2.05, 4.69) is 15.5 Å². The Kier molecular flexibility index (Phi) is 5.90.